The molecular weight excluding hydrogens is 473 g/mol. The van der Waals surface area contributed by atoms with Gasteiger partial charge in [-0.2, -0.15) is 13.2 Å². The molecule has 0 radical (unpaired) electrons. The zero-order chi connectivity index (χ0) is 24.6. The number of hydrogen-bond donors (Lipinski definition) is 1. The number of phenols is 1. The molecule has 0 bridgehead atoms. The number of imidazole rings is 1. The first kappa shape index (κ1) is 22.7. The number of carbonyl (C=O) groups excluding carboxylic acids is 1. The van der Waals surface area contributed by atoms with E-state index in [0.717, 1.165) is 6.26 Å². The molecule has 4 heterocycles. The van der Waals surface area contributed by atoms with Gasteiger partial charge in [-0.1, -0.05) is 5.16 Å². The third-order valence-corrected chi connectivity index (χ3v) is 5.36. The number of esters is 1. The molecule has 35 heavy (non-hydrogen) atoms. The number of rotatable bonds is 5. The molecule has 1 aliphatic rings. The van der Waals surface area contributed by atoms with Crippen LogP contribution in [0, 0.1) is 0 Å². The minimum Gasteiger partial charge on any atom is -0.507 e. The van der Waals surface area contributed by atoms with Gasteiger partial charge < -0.3 is 23.8 Å². The number of ether oxygens (including phenoxy) is 3. The van der Waals surface area contributed by atoms with Gasteiger partial charge in [0.05, 0.1) is 30.7 Å². The highest BCUT2D eigenvalue weighted by Gasteiger charge is 2.38. The standard InChI is InChI=1S/C22H17F3N4O6/c23-22(24,25)18-15(11-33-28-18)16-10-27-19-20(26-5-6-29(16)19)34-13-1-2-14(17(30)9-13)21(31)35-12-3-7-32-8-4-12/h1-2,5-6,9-12,30H,3-4,7-8H2. The van der Waals surface area contributed by atoms with Crippen LogP contribution < -0.4 is 4.74 Å². The normalized spacial score (nSPS) is 14.8. The van der Waals surface area contributed by atoms with E-state index >= 15 is 0 Å². The Bertz CT molecular complexity index is 1380. The maximum Gasteiger partial charge on any atom is 0.437 e. The molecule has 13 heteroatoms. The summed E-state index contributed by atoms with van der Waals surface area (Å²) in [6.07, 6.45) is 0.959. The summed E-state index contributed by atoms with van der Waals surface area (Å²) in [5.74, 6) is -0.958. The van der Waals surface area contributed by atoms with Crippen molar-refractivity contribution in [2.24, 2.45) is 0 Å². The second kappa shape index (κ2) is 8.91. The van der Waals surface area contributed by atoms with Crippen LogP contribution in [0.15, 0.2) is 47.6 Å². The van der Waals surface area contributed by atoms with Crippen molar-refractivity contribution in [3.8, 4) is 28.6 Å². The van der Waals surface area contributed by atoms with Crippen molar-refractivity contribution in [1.82, 2.24) is 19.5 Å². The monoisotopic (exact) mass is 490 g/mol. The SMILES string of the molecule is O=C(OC1CCOCC1)c1ccc(Oc2nccn3c(-c4conc4C(F)(F)F)cnc23)cc1O. The third kappa shape index (κ3) is 4.49. The number of hydrogen-bond acceptors (Lipinski definition) is 9. The Balaban J connectivity index is 1.39. The summed E-state index contributed by atoms with van der Waals surface area (Å²) in [4.78, 5) is 20.6. The fraction of sp³-hybridized carbons (Fsp3) is 0.273. The molecule has 0 saturated carbocycles. The molecule has 5 rings (SSSR count). The number of halogens is 3. The summed E-state index contributed by atoms with van der Waals surface area (Å²) in [5.41, 5.74) is -1.35. The lowest BCUT2D eigenvalue weighted by atomic mass is 10.1. The summed E-state index contributed by atoms with van der Waals surface area (Å²) < 4.78 is 62.0. The van der Waals surface area contributed by atoms with E-state index in [2.05, 4.69) is 19.6 Å². The van der Waals surface area contributed by atoms with E-state index in [-0.39, 0.29) is 46.0 Å². The van der Waals surface area contributed by atoms with Crippen molar-refractivity contribution in [3.05, 3.63) is 54.3 Å². The van der Waals surface area contributed by atoms with Crippen molar-refractivity contribution < 1.29 is 41.8 Å². The number of fused-ring (bicyclic) bond motifs is 1. The number of phenolic OH excluding ortho intramolecular Hbond substituents is 1. The Morgan fingerprint density at radius 2 is 2.00 bits per heavy atom. The summed E-state index contributed by atoms with van der Waals surface area (Å²) in [5, 5.41) is 13.4. The number of alkyl halides is 3. The first-order chi connectivity index (χ1) is 16.8. The highest BCUT2D eigenvalue weighted by molar-refractivity contribution is 5.92. The lowest BCUT2D eigenvalue weighted by Gasteiger charge is -2.22. The molecule has 0 spiro atoms. The molecule has 182 valence electrons. The molecular formula is C22H17F3N4O6. The van der Waals surface area contributed by atoms with E-state index in [4.69, 9.17) is 14.2 Å². The van der Waals surface area contributed by atoms with Crippen LogP contribution in [-0.4, -0.2) is 49.9 Å². The molecule has 1 saturated heterocycles. The van der Waals surface area contributed by atoms with Crippen molar-refractivity contribution in [3.63, 3.8) is 0 Å². The van der Waals surface area contributed by atoms with E-state index in [1.54, 1.807) is 0 Å². The summed E-state index contributed by atoms with van der Waals surface area (Å²) in [6.45, 7) is 0.999. The van der Waals surface area contributed by atoms with Crippen molar-refractivity contribution in [2.75, 3.05) is 13.2 Å². The number of benzene rings is 1. The van der Waals surface area contributed by atoms with Crippen molar-refractivity contribution in [2.45, 2.75) is 25.1 Å². The second-order valence-corrected chi connectivity index (χ2v) is 7.64. The molecule has 1 N–H and O–H groups in total. The molecule has 4 aromatic rings. The van der Waals surface area contributed by atoms with Gasteiger partial charge in [0.15, 0.2) is 5.69 Å². The van der Waals surface area contributed by atoms with E-state index in [0.29, 0.717) is 26.1 Å². The van der Waals surface area contributed by atoms with Crippen LogP contribution in [0.5, 0.6) is 17.4 Å². The number of aromatic hydroxyl groups is 1. The maximum absolute atomic E-state index is 13.2. The van der Waals surface area contributed by atoms with E-state index in [9.17, 15) is 23.1 Å². The van der Waals surface area contributed by atoms with Crippen LogP contribution >= 0.6 is 0 Å². The van der Waals surface area contributed by atoms with Gasteiger partial charge in [-0.25, -0.2) is 14.8 Å². The highest BCUT2D eigenvalue weighted by atomic mass is 19.4. The van der Waals surface area contributed by atoms with Crippen LogP contribution in [0.3, 0.4) is 0 Å². The van der Waals surface area contributed by atoms with Crippen LogP contribution in [-0.2, 0) is 15.7 Å². The fourth-order valence-corrected chi connectivity index (χ4v) is 3.66. The molecule has 10 nitrogen and oxygen atoms in total. The average Bonchev–Trinajstić information content (AvgIpc) is 3.47. The number of nitrogens with zero attached hydrogens (tertiary/aromatic N) is 4. The van der Waals surface area contributed by atoms with Gasteiger partial charge in [0.25, 0.3) is 5.88 Å². The molecule has 1 aromatic carbocycles. The molecule has 1 fully saturated rings. The van der Waals surface area contributed by atoms with E-state index in [1.165, 1.54) is 41.2 Å². The predicted octanol–water partition coefficient (Wildman–Crippen LogP) is 4.24. The van der Waals surface area contributed by atoms with Gasteiger partial charge in [0, 0.05) is 31.3 Å². The minimum atomic E-state index is -4.72. The van der Waals surface area contributed by atoms with Crippen molar-refractivity contribution in [1.29, 1.82) is 0 Å². The Hall–Kier alpha value is -4.13. The van der Waals surface area contributed by atoms with Crippen LogP contribution in [0.4, 0.5) is 13.2 Å². The molecule has 0 unspecified atom stereocenters. The van der Waals surface area contributed by atoms with Crippen molar-refractivity contribution >= 4 is 11.6 Å². The molecule has 1 aliphatic heterocycles. The van der Waals surface area contributed by atoms with E-state index in [1.807, 2.05) is 0 Å². The van der Waals surface area contributed by atoms with Gasteiger partial charge in [0.2, 0.25) is 5.65 Å². The molecule has 3 aromatic heterocycles. The smallest absolute Gasteiger partial charge is 0.437 e. The first-order valence-electron chi connectivity index (χ1n) is 10.4. The number of aromatic nitrogens is 4. The summed E-state index contributed by atoms with van der Waals surface area (Å²) in [6, 6.07) is 3.98. The topological polar surface area (TPSA) is 121 Å². The Labute approximate surface area is 194 Å². The third-order valence-electron chi connectivity index (χ3n) is 5.36. The fourth-order valence-electron chi connectivity index (χ4n) is 3.66. The molecule has 0 amide bonds. The first-order valence-corrected chi connectivity index (χ1v) is 10.4. The minimum absolute atomic E-state index is 0.0368. The van der Waals surface area contributed by atoms with E-state index < -0.39 is 17.8 Å². The quantitative estimate of drug-likeness (QED) is 0.410. The number of carbonyl (C=O) groups is 1. The summed E-state index contributed by atoms with van der Waals surface area (Å²) in [7, 11) is 0. The lowest BCUT2D eigenvalue weighted by Crippen LogP contribution is -2.26. The summed E-state index contributed by atoms with van der Waals surface area (Å²) >= 11 is 0. The Morgan fingerprint density at radius 1 is 1.20 bits per heavy atom. The second-order valence-electron chi connectivity index (χ2n) is 7.64. The maximum atomic E-state index is 13.2. The van der Waals surface area contributed by atoms with Crippen LogP contribution in [0.25, 0.3) is 16.9 Å². The lowest BCUT2D eigenvalue weighted by molar-refractivity contribution is -0.142. The van der Waals surface area contributed by atoms with Gasteiger partial charge >= 0.3 is 12.1 Å². The van der Waals surface area contributed by atoms with Gasteiger partial charge in [0.1, 0.15) is 29.4 Å². The van der Waals surface area contributed by atoms with Gasteiger partial charge in [-0.15, -0.1) is 0 Å². The van der Waals surface area contributed by atoms with Crippen LogP contribution in [0.1, 0.15) is 28.9 Å². The zero-order valence-corrected chi connectivity index (χ0v) is 17.9. The Kier molecular flexibility index (Phi) is 5.76. The highest BCUT2D eigenvalue weighted by Crippen LogP contribution is 2.37. The van der Waals surface area contributed by atoms with Gasteiger partial charge in [-0.3, -0.25) is 4.40 Å². The zero-order valence-electron chi connectivity index (χ0n) is 17.9. The van der Waals surface area contributed by atoms with Crippen LogP contribution in [0.2, 0.25) is 0 Å². The molecule has 0 aliphatic carbocycles. The Morgan fingerprint density at radius 3 is 2.74 bits per heavy atom. The molecule has 0 atom stereocenters. The largest absolute Gasteiger partial charge is 0.507 e. The average molecular weight is 490 g/mol. The van der Waals surface area contributed by atoms with Gasteiger partial charge in [-0.05, 0) is 12.1 Å². The predicted molar refractivity (Wildman–Crippen MR) is 111 cm³/mol.